The van der Waals surface area contributed by atoms with Crippen LogP contribution in [0.25, 0.3) is 11.1 Å². The van der Waals surface area contributed by atoms with Gasteiger partial charge in [0.25, 0.3) is 0 Å². The number of nitrogens with one attached hydrogen (secondary N) is 1. The van der Waals surface area contributed by atoms with Crippen LogP contribution in [-0.4, -0.2) is 29.2 Å². The van der Waals surface area contributed by atoms with Gasteiger partial charge in [-0.25, -0.2) is 4.98 Å². The van der Waals surface area contributed by atoms with Crippen molar-refractivity contribution in [1.29, 1.82) is 0 Å². The molecule has 0 atom stereocenters. The van der Waals surface area contributed by atoms with Gasteiger partial charge in [-0.3, -0.25) is 0 Å². The summed E-state index contributed by atoms with van der Waals surface area (Å²) in [5.41, 5.74) is 14.6. The van der Waals surface area contributed by atoms with E-state index in [1.807, 2.05) is 13.8 Å². The van der Waals surface area contributed by atoms with Crippen molar-refractivity contribution in [2.24, 2.45) is 0 Å². The van der Waals surface area contributed by atoms with Gasteiger partial charge in [-0.15, -0.1) is 0 Å². The first-order valence-corrected chi connectivity index (χ1v) is 8.44. The van der Waals surface area contributed by atoms with Crippen LogP contribution in [0.15, 0.2) is 24.4 Å². The highest BCUT2D eigenvalue weighted by Gasteiger charge is 2.19. The maximum atomic E-state index is 6.06. The van der Waals surface area contributed by atoms with Gasteiger partial charge in [-0.2, -0.15) is 4.98 Å². The summed E-state index contributed by atoms with van der Waals surface area (Å²) < 4.78 is 6.06. The quantitative estimate of drug-likeness (QED) is 0.798. The topological polar surface area (TPSA) is 99.1 Å². The number of hydrogen-bond acceptors (Lipinski definition) is 6. The molecule has 0 bridgehead atoms. The molecule has 1 aromatic carbocycles. The van der Waals surface area contributed by atoms with E-state index in [2.05, 4.69) is 33.5 Å². The maximum absolute atomic E-state index is 6.06. The van der Waals surface area contributed by atoms with E-state index in [9.17, 15) is 0 Å². The molecule has 0 aliphatic carbocycles. The molecule has 0 spiro atoms. The summed E-state index contributed by atoms with van der Waals surface area (Å²) in [7, 11) is 0. The Morgan fingerprint density at radius 1 is 1.17 bits per heavy atom. The van der Waals surface area contributed by atoms with Crippen molar-refractivity contribution < 1.29 is 4.74 Å². The van der Waals surface area contributed by atoms with E-state index in [1.54, 1.807) is 6.20 Å². The zero-order valence-electron chi connectivity index (χ0n) is 14.2. The van der Waals surface area contributed by atoms with Crippen LogP contribution in [0.1, 0.15) is 38.2 Å². The molecule has 128 valence electrons. The molecule has 0 unspecified atom stereocenters. The van der Waals surface area contributed by atoms with Crippen LogP contribution in [0.3, 0.4) is 0 Å². The Hall–Kier alpha value is -2.34. The second-order valence-electron chi connectivity index (χ2n) is 6.47. The Morgan fingerprint density at radius 2 is 1.92 bits per heavy atom. The molecule has 2 heterocycles. The van der Waals surface area contributed by atoms with Gasteiger partial charge in [0.15, 0.2) is 0 Å². The minimum atomic E-state index is 0.0722. The molecule has 1 aliphatic heterocycles. The summed E-state index contributed by atoms with van der Waals surface area (Å²) >= 11 is 0. The Labute approximate surface area is 142 Å². The average molecular weight is 327 g/mol. The third-order valence-electron chi connectivity index (χ3n) is 4.31. The molecule has 1 saturated heterocycles. The average Bonchev–Trinajstić information content (AvgIpc) is 2.56. The van der Waals surface area contributed by atoms with Crippen molar-refractivity contribution in [3.05, 3.63) is 30.0 Å². The number of piperidine rings is 1. The monoisotopic (exact) mass is 327 g/mol. The van der Waals surface area contributed by atoms with Crippen molar-refractivity contribution in [3.63, 3.8) is 0 Å². The van der Waals surface area contributed by atoms with Crippen LogP contribution >= 0.6 is 0 Å². The lowest BCUT2D eigenvalue weighted by molar-refractivity contribution is 0.243. The first-order chi connectivity index (χ1) is 11.5. The number of nitrogen functional groups attached to an aromatic ring is 2. The summed E-state index contributed by atoms with van der Waals surface area (Å²) in [6.07, 6.45) is 4.02. The molecule has 2 aromatic rings. The lowest BCUT2D eigenvalue weighted by Crippen LogP contribution is -2.26. The van der Waals surface area contributed by atoms with Crippen molar-refractivity contribution in [2.45, 2.75) is 38.7 Å². The summed E-state index contributed by atoms with van der Waals surface area (Å²) in [6.45, 7) is 6.16. The van der Waals surface area contributed by atoms with E-state index in [0.29, 0.717) is 11.7 Å². The third-order valence-corrected chi connectivity index (χ3v) is 4.31. The standard InChI is InChI=1S/C18H25N5O/c1-11(2)24-16-9-13(12-5-7-21-8-6-12)3-4-14(16)15-10-22-18(20)23-17(15)19/h3-4,9-12,21H,5-8H2,1-2H3,(H4,19,20,22,23). The smallest absolute Gasteiger partial charge is 0.221 e. The minimum absolute atomic E-state index is 0.0722. The number of nitrogens with zero attached hydrogens (tertiary/aromatic N) is 2. The number of ether oxygens (including phenoxy) is 1. The van der Waals surface area contributed by atoms with Crippen LogP contribution in [0, 0.1) is 0 Å². The summed E-state index contributed by atoms with van der Waals surface area (Å²) in [5, 5.41) is 3.41. The Morgan fingerprint density at radius 3 is 2.58 bits per heavy atom. The van der Waals surface area contributed by atoms with Gasteiger partial charge >= 0.3 is 0 Å². The lowest BCUT2D eigenvalue weighted by Gasteiger charge is -2.24. The van der Waals surface area contributed by atoms with Crippen molar-refractivity contribution >= 4 is 11.8 Å². The zero-order valence-corrected chi connectivity index (χ0v) is 14.2. The fourth-order valence-electron chi connectivity index (χ4n) is 3.14. The van der Waals surface area contributed by atoms with E-state index in [-0.39, 0.29) is 12.1 Å². The molecule has 0 radical (unpaired) electrons. The van der Waals surface area contributed by atoms with E-state index in [4.69, 9.17) is 16.2 Å². The van der Waals surface area contributed by atoms with E-state index < -0.39 is 0 Å². The van der Waals surface area contributed by atoms with Crippen molar-refractivity contribution in [2.75, 3.05) is 24.6 Å². The summed E-state index contributed by atoms with van der Waals surface area (Å²) in [4.78, 5) is 8.13. The second kappa shape index (κ2) is 7.05. The van der Waals surface area contributed by atoms with Gasteiger partial charge in [0.1, 0.15) is 11.6 Å². The number of nitrogens with two attached hydrogens (primary N) is 2. The fraction of sp³-hybridized carbons (Fsp3) is 0.444. The van der Waals surface area contributed by atoms with Crippen molar-refractivity contribution in [1.82, 2.24) is 15.3 Å². The van der Waals surface area contributed by atoms with Crippen molar-refractivity contribution in [3.8, 4) is 16.9 Å². The third kappa shape index (κ3) is 3.59. The van der Waals surface area contributed by atoms with Gasteiger partial charge in [-0.05, 0) is 57.3 Å². The van der Waals surface area contributed by atoms with Crippen LogP contribution in [-0.2, 0) is 0 Å². The number of hydrogen-bond donors (Lipinski definition) is 3. The van der Waals surface area contributed by atoms with Crippen LogP contribution in [0.4, 0.5) is 11.8 Å². The normalized spacial score (nSPS) is 15.6. The molecule has 5 N–H and O–H groups in total. The van der Waals surface area contributed by atoms with E-state index in [1.165, 1.54) is 5.56 Å². The Kier molecular flexibility index (Phi) is 4.85. The SMILES string of the molecule is CC(C)Oc1cc(C2CCNCC2)ccc1-c1cnc(N)nc1N. The van der Waals surface area contributed by atoms with Crippen LogP contribution < -0.4 is 21.5 Å². The number of rotatable bonds is 4. The summed E-state index contributed by atoms with van der Waals surface area (Å²) in [5.74, 6) is 1.93. The van der Waals surface area contributed by atoms with E-state index in [0.717, 1.165) is 42.8 Å². The molecular formula is C18H25N5O. The molecule has 0 saturated carbocycles. The molecule has 1 aromatic heterocycles. The van der Waals surface area contributed by atoms with Gasteiger partial charge in [-0.1, -0.05) is 12.1 Å². The Bertz CT molecular complexity index is 711. The molecule has 3 rings (SSSR count). The van der Waals surface area contributed by atoms with Gasteiger partial charge < -0.3 is 21.5 Å². The number of benzene rings is 1. The molecule has 24 heavy (non-hydrogen) atoms. The van der Waals surface area contributed by atoms with Gasteiger partial charge in [0.2, 0.25) is 5.95 Å². The van der Waals surface area contributed by atoms with Gasteiger partial charge in [0, 0.05) is 17.3 Å². The van der Waals surface area contributed by atoms with E-state index >= 15 is 0 Å². The molecule has 6 nitrogen and oxygen atoms in total. The predicted molar refractivity (Wildman–Crippen MR) is 96.9 cm³/mol. The molecule has 1 fully saturated rings. The first-order valence-electron chi connectivity index (χ1n) is 8.44. The predicted octanol–water partition coefficient (Wildman–Crippen LogP) is 2.56. The van der Waals surface area contributed by atoms with Crippen LogP contribution in [0.5, 0.6) is 5.75 Å². The van der Waals surface area contributed by atoms with Gasteiger partial charge in [0.05, 0.1) is 6.10 Å². The maximum Gasteiger partial charge on any atom is 0.221 e. The molecular weight excluding hydrogens is 302 g/mol. The Balaban J connectivity index is 2.01. The molecule has 6 heteroatoms. The zero-order chi connectivity index (χ0) is 17.1. The highest BCUT2D eigenvalue weighted by molar-refractivity contribution is 5.78. The highest BCUT2D eigenvalue weighted by atomic mass is 16.5. The fourth-order valence-corrected chi connectivity index (χ4v) is 3.14. The number of aromatic nitrogens is 2. The first kappa shape index (κ1) is 16.5. The highest BCUT2D eigenvalue weighted by Crippen LogP contribution is 2.37. The minimum Gasteiger partial charge on any atom is -0.490 e. The summed E-state index contributed by atoms with van der Waals surface area (Å²) in [6, 6.07) is 6.36. The largest absolute Gasteiger partial charge is 0.490 e. The molecule has 0 amide bonds. The lowest BCUT2D eigenvalue weighted by atomic mass is 9.89. The van der Waals surface area contributed by atoms with Crippen LogP contribution in [0.2, 0.25) is 0 Å². The second-order valence-corrected chi connectivity index (χ2v) is 6.47. The number of anilines is 2. The molecule has 1 aliphatic rings.